The molecule has 0 amide bonds. The van der Waals surface area contributed by atoms with E-state index in [4.69, 9.17) is 24.7 Å². The Morgan fingerprint density at radius 2 is 0.898 bits per heavy atom. The Balaban J connectivity index is 0.00000378. The van der Waals surface area contributed by atoms with Gasteiger partial charge in [-0.3, -0.25) is 0 Å². The summed E-state index contributed by atoms with van der Waals surface area (Å²) in [6.07, 6.45) is 11.2. The van der Waals surface area contributed by atoms with Gasteiger partial charge in [0.25, 0.3) is 0 Å². The Morgan fingerprint density at radius 1 is 0.531 bits per heavy atom. The summed E-state index contributed by atoms with van der Waals surface area (Å²) in [6.45, 7) is 0. The number of esters is 1. The molecule has 6 aromatic rings. The average molecular weight is 679 g/mol. The molecule has 3 aromatic carbocycles. The first-order chi connectivity index (χ1) is 23.7. The fourth-order valence-corrected chi connectivity index (χ4v) is 6.20. The topological polar surface area (TPSA) is 80.3 Å². The van der Waals surface area contributed by atoms with Crippen LogP contribution in [0, 0.1) is 0 Å². The third kappa shape index (κ3) is 6.08. The molecule has 0 radical (unpaired) electrons. The Morgan fingerprint density at radius 3 is 1.33 bits per heavy atom. The Kier molecular flexibility index (Phi) is 8.76. The fourth-order valence-electron chi connectivity index (χ4n) is 6.20. The number of rotatable bonds is 5. The van der Waals surface area contributed by atoms with Crippen LogP contribution in [0.3, 0.4) is 0 Å². The van der Waals surface area contributed by atoms with Gasteiger partial charge in [-0.1, -0.05) is 115 Å². The first kappa shape index (κ1) is 31.6. The van der Waals surface area contributed by atoms with Crippen molar-refractivity contribution in [3.63, 3.8) is 0 Å². The van der Waals surface area contributed by atoms with Gasteiger partial charge in [0.05, 0.1) is 29.9 Å². The van der Waals surface area contributed by atoms with Crippen LogP contribution >= 0.6 is 0 Å². The summed E-state index contributed by atoms with van der Waals surface area (Å²) in [5, 5.41) is 0. The van der Waals surface area contributed by atoms with Crippen molar-refractivity contribution in [1.29, 1.82) is 0 Å². The number of nitrogens with zero attached hydrogens (tertiary/aromatic N) is 4. The number of hydrogen-bond donors (Lipinski definition) is 0. The standard InChI is InChI=1S/C42H29N4O2.Ni/c1-48-39(47)26-17-30-31-18-20-33(43-31)40(27-11-5-2-6-12-27)35-22-24-37(45-35)42(29-15-9-4-10-16-29)38-25-23-36(46-38)41(28-13-7-3-8-14-28)34-21-19-32(30)44-34;/h2-26H,1H3,(H-,43,44,45,46,47);/q-1;+2/p-1. The SMILES string of the molecule is COC(=O)/C=C/c1c2nc(c(-c3ccccc3)c3ccc([n-]3)c(-c3ccccc3)c3nc(c(-c4ccccc4)c4ccc1[n-]4)C=C3)C=C2.[Ni+2]. The number of fused-ring (bicyclic) bond motifs is 8. The van der Waals surface area contributed by atoms with Gasteiger partial charge in [-0.15, -0.1) is 22.1 Å². The number of benzene rings is 3. The van der Waals surface area contributed by atoms with Crippen molar-refractivity contribution in [2.24, 2.45) is 0 Å². The predicted octanol–water partition coefficient (Wildman–Crippen LogP) is 9.10. The second-order valence-electron chi connectivity index (χ2n) is 11.4. The van der Waals surface area contributed by atoms with Crippen LogP contribution in [-0.2, 0) is 26.0 Å². The van der Waals surface area contributed by atoms with Gasteiger partial charge in [0.1, 0.15) is 0 Å². The van der Waals surface area contributed by atoms with Gasteiger partial charge < -0.3 is 14.7 Å². The molecular formula is C42H28N4NiO2. The monoisotopic (exact) mass is 678 g/mol. The molecule has 2 aliphatic heterocycles. The molecule has 2 aliphatic rings. The van der Waals surface area contributed by atoms with Crippen LogP contribution in [0.5, 0.6) is 0 Å². The summed E-state index contributed by atoms with van der Waals surface area (Å²) in [5.74, 6) is -0.464. The zero-order chi connectivity index (χ0) is 32.5. The van der Waals surface area contributed by atoms with Crippen molar-refractivity contribution in [2.75, 3.05) is 7.11 Å². The molecule has 0 N–H and O–H groups in total. The van der Waals surface area contributed by atoms with E-state index in [2.05, 4.69) is 48.5 Å². The largest absolute Gasteiger partial charge is 2.00 e. The van der Waals surface area contributed by atoms with Crippen LogP contribution in [0.2, 0.25) is 0 Å². The molecule has 8 rings (SSSR count). The quantitative estimate of drug-likeness (QED) is 0.103. The van der Waals surface area contributed by atoms with Crippen LogP contribution in [0.25, 0.3) is 85.8 Å². The van der Waals surface area contributed by atoms with Crippen molar-refractivity contribution in [3.8, 4) is 33.4 Å². The minimum atomic E-state index is -0.464. The van der Waals surface area contributed by atoms with Gasteiger partial charge in [-0.25, -0.2) is 14.8 Å². The predicted molar refractivity (Wildman–Crippen MR) is 194 cm³/mol. The van der Waals surface area contributed by atoms with Crippen LogP contribution in [0.15, 0.2) is 121 Å². The molecule has 7 heteroatoms. The molecule has 0 spiro atoms. The van der Waals surface area contributed by atoms with Crippen LogP contribution < -0.4 is 9.97 Å². The molecule has 0 saturated heterocycles. The van der Waals surface area contributed by atoms with Gasteiger partial charge >= 0.3 is 22.5 Å². The summed E-state index contributed by atoms with van der Waals surface area (Å²) in [4.78, 5) is 33.0. The summed E-state index contributed by atoms with van der Waals surface area (Å²) >= 11 is 0. The Hall–Kier alpha value is -6.04. The molecule has 0 fully saturated rings. The number of methoxy groups -OCH3 is 1. The molecule has 0 aliphatic carbocycles. The maximum Gasteiger partial charge on any atom is 2.00 e. The molecule has 0 atom stereocenters. The minimum Gasteiger partial charge on any atom is -0.657 e. The third-order valence-corrected chi connectivity index (χ3v) is 8.42. The van der Waals surface area contributed by atoms with Crippen molar-refractivity contribution < 1.29 is 26.0 Å². The fraction of sp³-hybridized carbons (Fsp3) is 0.0238. The van der Waals surface area contributed by atoms with Crippen molar-refractivity contribution >= 4 is 58.4 Å². The zero-order valence-electron chi connectivity index (χ0n) is 26.4. The van der Waals surface area contributed by atoms with Gasteiger partial charge in [0.2, 0.25) is 0 Å². The van der Waals surface area contributed by atoms with Crippen molar-refractivity contribution in [3.05, 3.63) is 150 Å². The maximum absolute atomic E-state index is 12.3. The number of ether oxygens (including phenoxy) is 1. The molecule has 0 saturated carbocycles. The smallest absolute Gasteiger partial charge is 0.657 e. The van der Waals surface area contributed by atoms with Crippen molar-refractivity contribution in [2.45, 2.75) is 0 Å². The molecule has 6 nitrogen and oxygen atoms in total. The summed E-state index contributed by atoms with van der Waals surface area (Å²) in [7, 11) is 1.36. The van der Waals surface area contributed by atoms with E-state index in [1.165, 1.54) is 13.2 Å². The zero-order valence-corrected chi connectivity index (χ0v) is 27.3. The van der Waals surface area contributed by atoms with Gasteiger partial charge in [-0.2, -0.15) is 0 Å². The molecule has 238 valence electrons. The first-order valence-electron chi connectivity index (χ1n) is 15.6. The van der Waals surface area contributed by atoms with Gasteiger partial charge in [0.15, 0.2) is 0 Å². The van der Waals surface area contributed by atoms with E-state index in [9.17, 15) is 4.79 Å². The first-order valence-corrected chi connectivity index (χ1v) is 15.6. The summed E-state index contributed by atoms with van der Waals surface area (Å²) < 4.78 is 4.92. The molecule has 3 aromatic heterocycles. The number of aromatic nitrogens is 4. The maximum atomic E-state index is 12.3. The van der Waals surface area contributed by atoms with Crippen LogP contribution in [0.1, 0.15) is 28.3 Å². The second-order valence-corrected chi connectivity index (χ2v) is 11.4. The van der Waals surface area contributed by atoms with E-state index in [0.29, 0.717) is 16.8 Å². The van der Waals surface area contributed by atoms with E-state index >= 15 is 0 Å². The Labute approximate surface area is 293 Å². The molecule has 8 bridgehead atoms. The van der Waals surface area contributed by atoms with E-state index in [1.54, 1.807) is 6.08 Å². The van der Waals surface area contributed by atoms with E-state index in [0.717, 1.165) is 67.0 Å². The number of hydrogen-bond acceptors (Lipinski definition) is 4. The number of carbonyl (C=O) groups excluding carboxylic acids is 1. The Bertz CT molecular complexity index is 2400. The molecule has 0 unspecified atom stereocenters. The van der Waals surface area contributed by atoms with E-state index < -0.39 is 5.97 Å². The van der Waals surface area contributed by atoms with Crippen LogP contribution in [-0.4, -0.2) is 23.0 Å². The third-order valence-electron chi connectivity index (χ3n) is 8.42. The second kappa shape index (κ2) is 13.6. The number of carbonyl (C=O) groups is 1. The van der Waals surface area contributed by atoms with Gasteiger partial charge in [0, 0.05) is 6.08 Å². The summed E-state index contributed by atoms with van der Waals surface area (Å²) in [6, 6.07) is 38.6. The van der Waals surface area contributed by atoms with Crippen LogP contribution in [0.4, 0.5) is 0 Å². The van der Waals surface area contributed by atoms with E-state index in [-0.39, 0.29) is 16.5 Å². The van der Waals surface area contributed by atoms with Crippen molar-refractivity contribution in [1.82, 2.24) is 19.9 Å². The normalized spacial score (nSPS) is 11.9. The minimum absolute atomic E-state index is 0. The molecular weight excluding hydrogens is 651 g/mol. The molecule has 49 heavy (non-hydrogen) atoms. The van der Waals surface area contributed by atoms with E-state index in [1.807, 2.05) is 91.0 Å². The molecule has 5 heterocycles. The average Bonchev–Trinajstić information content (AvgIpc) is 3.97. The van der Waals surface area contributed by atoms with Gasteiger partial charge in [-0.05, 0) is 69.3 Å². The summed E-state index contributed by atoms with van der Waals surface area (Å²) in [5.41, 5.74) is 12.5.